The number of rotatable bonds is 8. The third kappa shape index (κ3) is 5.96. The van der Waals surface area contributed by atoms with E-state index in [-0.39, 0.29) is 13.1 Å². The Labute approximate surface area is 181 Å². The Morgan fingerprint density at radius 2 is 1.81 bits per heavy atom. The van der Waals surface area contributed by atoms with E-state index in [1.54, 1.807) is 18.3 Å². The maximum absolute atomic E-state index is 14.0. The molecule has 0 fully saturated rings. The molecule has 162 valence electrons. The van der Waals surface area contributed by atoms with Crippen LogP contribution in [0, 0.1) is 12.7 Å². The highest BCUT2D eigenvalue weighted by Crippen LogP contribution is 2.16. The van der Waals surface area contributed by atoms with Crippen molar-refractivity contribution in [3.8, 4) is 0 Å². The van der Waals surface area contributed by atoms with E-state index >= 15 is 0 Å². The molecule has 0 aliphatic heterocycles. The Morgan fingerprint density at radius 3 is 2.48 bits per heavy atom. The molecule has 2 aromatic carbocycles. The first-order valence-corrected chi connectivity index (χ1v) is 11.3. The second-order valence-corrected chi connectivity index (χ2v) is 8.96. The van der Waals surface area contributed by atoms with Gasteiger partial charge in [-0.2, -0.15) is 4.72 Å². The molecule has 3 aromatic rings. The fraction of sp³-hybridized carbons (Fsp3) is 0.217. The van der Waals surface area contributed by atoms with Crippen molar-refractivity contribution in [1.29, 1.82) is 0 Å². The van der Waals surface area contributed by atoms with Crippen LogP contribution in [0.25, 0.3) is 0 Å². The van der Waals surface area contributed by atoms with E-state index in [9.17, 15) is 17.6 Å². The fourth-order valence-corrected chi connectivity index (χ4v) is 4.49. The molecule has 1 heterocycles. The number of benzene rings is 2. The van der Waals surface area contributed by atoms with Crippen molar-refractivity contribution in [2.45, 2.75) is 37.9 Å². The van der Waals surface area contributed by atoms with Gasteiger partial charge >= 0.3 is 0 Å². The number of nitrogens with one attached hydrogen (secondary N) is 1. The summed E-state index contributed by atoms with van der Waals surface area (Å²) in [6.07, 6.45) is 1.63. The van der Waals surface area contributed by atoms with Crippen molar-refractivity contribution in [3.63, 3.8) is 0 Å². The van der Waals surface area contributed by atoms with Crippen molar-refractivity contribution >= 4 is 15.9 Å². The summed E-state index contributed by atoms with van der Waals surface area (Å²) in [7, 11) is -4.21. The van der Waals surface area contributed by atoms with Gasteiger partial charge in [0.05, 0.1) is 18.3 Å². The standard InChI is InChI=1S/C23H24FN3O3S/c1-17-8-7-9-19(14-17)15-27(16-20-10-5-6-13-25-20)23(28)18(2)26-31(29,30)22-12-4-3-11-21(22)24/h3-14,18,26H,15-16H2,1-2H3/t18-/m0/s1. The monoisotopic (exact) mass is 441 g/mol. The fourth-order valence-electron chi connectivity index (χ4n) is 3.21. The number of halogens is 1. The molecule has 31 heavy (non-hydrogen) atoms. The average molecular weight is 442 g/mol. The topological polar surface area (TPSA) is 79.4 Å². The molecule has 0 aliphatic rings. The van der Waals surface area contributed by atoms with Gasteiger partial charge in [0.25, 0.3) is 0 Å². The van der Waals surface area contributed by atoms with Crippen LogP contribution in [0.1, 0.15) is 23.7 Å². The number of hydrogen-bond acceptors (Lipinski definition) is 4. The number of carbonyl (C=O) groups excluding carboxylic acids is 1. The number of nitrogens with zero attached hydrogens (tertiary/aromatic N) is 2. The minimum atomic E-state index is -4.21. The molecule has 1 atom stereocenters. The minimum Gasteiger partial charge on any atom is -0.331 e. The summed E-state index contributed by atoms with van der Waals surface area (Å²) in [5, 5.41) is 0. The van der Waals surface area contributed by atoms with Crippen LogP contribution < -0.4 is 4.72 Å². The summed E-state index contributed by atoms with van der Waals surface area (Å²) in [5.41, 5.74) is 2.64. The highest BCUT2D eigenvalue weighted by molar-refractivity contribution is 7.89. The molecule has 0 saturated carbocycles. The van der Waals surface area contributed by atoms with E-state index in [2.05, 4.69) is 9.71 Å². The Balaban J connectivity index is 1.83. The lowest BCUT2D eigenvalue weighted by Crippen LogP contribution is -2.46. The molecule has 0 unspecified atom stereocenters. The molecule has 1 N–H and O–H groups in total. The zero-order chi connectivity index (χ0) is 22.4. The molecule has 0 bridgehead atoms. The quantitative estimate of drug-likeness (QED) is 0.581. The molecular formula is C23H24FN3O3S. The van der Waals surface area contributed by atoms with Gasteiger partial charge in [0.15, 0.2) is 0 Å². The Bertz CT molecular complexity index is 1150. The third-order valence-corrected chi connectivity index (χ3v) is 6.25. The van der Waals surface area contributed by atoms with Gasteiger partial charge in [-0.25, -0.2) is 12.8 Å². The third-order valence-electron chi connectivity index (χ3n) is 4.68. The lowest BCUT2D eigenvalue weighted by atomic mass is 10.1. The summed E-state index contributed by atoms with van der Waals surface area (Å²) in [4.78, 5) is 18.5. The highest BCUT2D eigenvalue weighted by atomic mass is 32.2. The molecule has 8 heteroatoms. The number of amides is 1. The highest BCUT2D eigenvalue weighted by Gasteiger charge is 2.28. The van der Waals surface area contributed by atoms with E-state index in [1.165, 1.54) is 24.0 Å². The molecule has 0 saturated heterocycles. The maximum atomic E-state index is 14.0. The second kappa shape index (κ2) is 9.80. The predicted molar refractivity (Wildman–Crippen MR) is 116 cm³/mol. The van der Waals surface area contributed by atoms with Crippen LogP contribution in [-0.4, -0.2) is 30.3 Å². The van der Waals surface area contributed by atoms with E-state index in [1.807, 2.05) is 37.3 Å². The van der Waals surface area contributed by atoms with Gasteiger partial charge in [-0.3, -0.25) is 9.78 Å². The van der Waals surface area contributed by atoms with Crippen molar-refractivity contribution < 1.29 is 17.6 Å². The lowest BCUT2D eigenvalue weighted by molar-refractivity contribution is -0.133. The van der Waals surface area contributed by atoms with E-state index < -0.39 is 32.7 Å². The van der Waals surface area contributed by atoms with Crippen LogP contribution in [-0.2, 0) is 27.9 Å². The van der Waals surface area contributed by atoms with Gasteiger partial charge in [0.2, 0.25) is 15.9 Å². The summed E-state index contributed by atoms with van der Waals surface area (Å²) in [6.45, 7) is 3.89. The predicted octanol–water partition coefficient (Wildman–Crippen LogP) is 3.42. The maximum Gasteiger partial charge on any atom is 0.244 e. The zero-order valence-electron chi connectivity index (χ0n) is 17.3. The number of sulfonamides is 1. The van der Waals surface area contributed by atoms with Gasteiger partial charge in [0, 0.05) is 12.7 Å². The van der Waals surface area contributed by atoms with Crippen LogP contribution >= 0.6 is 0 Å². The van der Waals surface area contributed by atoms with E-state index in [4.69, 9.17) is 0 Å². The van der Waals surface area contributed by atoms with E-state index in [0.29, 0.717) is 5.69 Å². The number of hydrogen-bond donors (Lipinski definition) is 1. The van der Waals surface area contributed by atoms with Gasteiger partial charge in [0.1, 0.15) is 10.7 Å². The van der Waals surface area contributed by atoms with Crippen LogP contribution in [0.5, 0.6) is 0 Å². The van der Waals surface area contributed by atoms with Gasteiger partial charge < -0.3 is 4.90 Å². The Morgan fingerprint density at radius 1 is 1.06 bits per heavy atom. The number of aryl methyl sites for hydroxylation is 1. The summed E-state index contributed by atoms with van der Waals surface area (Å²) in [5.74, 6) is -1.31. The molecule has 3 rings (SSSR count). The number of carbonyl (C=O) groups is 1. The molecule has 1 amide bonds. The van der Waals surface area contributed by atoms with Gasteiger partial charge in [-0.05, 0) is 43.7 Å². The van der Waals surface area contributed by atoms with E-state index in [0.717, 1.165) is 23.3 Å². The number of aromatic nitrogens is 1. The van der Waals surface area contributed by atoms with Crippen molar-refractivity contribution in [2.24, 2.45) is 0 Å². The van der Waals surface area contributed by atoms with Crippen LogP contribution in [0.3, 0.4) is 0 Å². The molecule has 1 aromatic heterocycles. The first kappa shape index (κ1) is 22.6. The van der Waals surface area contributed by atoms with Crippen molar-refractivity contribution in [1.82, 2.24) is 14.6 Å². The van der Waals surface area contributed by atoms with Crippen LogP contribution in [0.15, 0.2) is 77.8 Å². The Hall–Kier alpha value is -3.10. The minimum absolute atomic E-state index is 0.208. The molecule has 0 radical (unpaired) electrons. The SMILES string of the molecule is Cc1cccc(CN(Cc2ccccn2)C(=O)[C@H](C)NS(=O)(=O)c2ccccc2F)c1. The second-order valence-electron chi connectivity index (χ2n) is 7.28. The van der Waals surface area contributed by atoms with Crippen molar-refractivity contribution in [2.75, 3.05) is 0 Å². The zero-order valence-corrected chi connectivity index (χ0v) is 18.1. The first-order valence-electron chi connectivity index (χ1n) is 9.77. The first-order chi connectivity index (χ1) is 14.8. The molecule has 0 aliphatic carbocycles. The lowest BCUT2D eigenvalue weighted by Gasteiger charge is -2.26. The normalized spacial score (nSPS) is 12.4. The molecule has 6 nitrogen and oxygen atoms in total. The van der Waals surface area contributed by atoms with Gasteiger partial charge in [-0.1, -0.05) is 48.0 Å². The largest absolute Gasteiger partial charge is 0.331 e. The molecular weight excluding hydrogens is 417 g/mol. The smallest absolute Gasteiger partial charge is 0.244 e. The van der Waals surface area contributed by atoms with Crippen molar-refractivity contribution in [3.05, 3.63) is 95.6 Å². The van der Waals surface area contributed by atoms with Crippen LogP contribution in [0.4, 0.5) is 4.39 Å². The number of pyridine rings is 1. The summed E-state index contributed by atoms with van der Waals surface area (Å²) < 4.78 is 41.5. The summed E-state index contributed by atoms with van der Waals surface area (Å²) in [6, 6.07) is 17.1. The van der Waals surface area contributed by atoms with Gasteiger partial charge in [-0.15, -0.1) is 0 Å². The van der Waals surface area contributed by atoms with Crippen LogP contribution in [0.2, 0.25) is 0 Å². The summed E-state index contributed by atoms with van der Waals surface area (Å²) >= 11 is 0. The average Bonchev–Trinajstić information content (AvgIpc) is 2.73. The Kier molecular flexibility index (Phi) is 7.14. The molecule has 0 spiro atoms.